The van der Waals surface area contributed by atoms with Crippen LogP contribution in [0.5, 0.6) is 0 Å². The van der Waals surface area contributed by atoms with E-state index in [0.717, 1.165) is 6.07 Å². The van der Waals surface area contributed by atoms with Gasteiger partial charge in [0, 0.05) is 25.5 Å². The molecule has 0 saturated heterocycles. The zero-order chi connectivity index (χ0) is 32.1. The van der Waals surface area contributed by atoms with Gasteiger partial charge in [0.15, 0.2) is 0 Å². The zero-order valence-corrected chi connectivity index (χ0v) is 18.9. The number of ether oxygens (including phenoxy) is 1. The number of nitrogens with one attached hydrogen (secondary N) is 1. The SMILES string of the molecule is [2H]C([2H])([2H])C([2H])([2H])[C@@H]1C[C@H](NCc2cc(C(F)(F)F)cc(C(F)(F)F)c2)c2cc(C(F)(F)F)ccc2N1C(=O)OCC. The van der Waals surface area contributed by atoms with Crippen molar-refractivity contribution in [3.8, 4) is 0 Å². The molecule has 1 amide bonds. The quantitative estimate of drug-likeness (QED) is 0.390. The second kappa shape index (κ2) is 10.4. The molecule has 1 aliphatic heterocycles. The van der Waals surface area contributed by atoms with Gasteiger partial charge >= 0.3 is 24.6 Å². The maximum atomic E-state index is 13.6. The lowest BCUT2D eigenvalue weighted by molar-refractivity contribution is -0.143. The first-order chi connectivity index (χ1) is 19.0. The third kappa shape index (κ3) is 6.49. The van der Waals surface area contributed by atoms with Crippen molar-refractivity contribution >= 4 is 11.8 Å². The Balaban J connectivity index is 2.17. The van der Waals surface area contributed by atoms with Crippen LogP contribution in [0.15, 0.2) is 36.4 Å². The average Bonchev–Trinajstić information content (AvgIpc) is 2.84. The van der Waals surface area contributed by atoms with Gasteiger partial charge in [0.25, 0.3) is 0 Å². The second-order valence-electron chi connectivity index (χ2n) is 8.08. The maximum absolute atomic E-state index is 13.6. The first-order valence-electron chi connectivity index (χ1n) is 13.2. The van der Waals surface area contributed by atoms with Crippen molar-refractivity contribution in [3.05, 3.63) is 64.2 Å². The van der Waals surface area contributed by atoms with E-state index in [-0.39, 0.29) is 23.9 Å². The highest BCUT2D eigenvalue weighted by Crippen LogP contribution is 2.42. The van der Waals surface area contributed by atoms with Gasteiger partial charge in [-0.2, -0.15) is 39.5 Å². The van der Waals surface area contributed by atoms with Crippen LogP contribution in [0.2, 0.25) is 0 Å². The van der Waals surface area contributed by atoms with Crippen molar-refractivity contribution < 1.29 is 55.9 Å². The largest absolute Gasteiger partial charge is 0.449 e. The number of anilines is 1. The minimum absolute atomic E-state index is 0.104. The van der Waals surface area contributed by atoms with E-state index in [1.807, 2.05) is 0 Å². The summed E-state index contributed by atoms with van der Waals surface area (Å²) in [7, 11) is 0. The molecule has 0 bridgehead atoms. The first-order valence-corrected chi connectivity index (χ1v) is 10.7. The Bertz CT molecular complexity index is 1280. The lowest BCUT2D eigenvalue weighted by Gasteiger charge is -2.40. The minimum atomic E-state index is -5.17. The summed E-state index contributed by atoms with van der Waals surface area (Å²) < 4.78 is 165. The van der Waals surface area contributed by atoms with Crippen LogP contribution in [0.4, 0.5) is 50.0 Å². The molecule has 1 heterocycles. The van der Waals surface area contributed by atoms with Crippen LogP contribution < -0.4 is 10.2 Å². The Labute approximate surface area is 213 Å². The fourth-order valence-corrected chi connectivity index (χ4v) is 3.95. The van der Waals surface area contributed by atoms with Gasteiger partial charge < -0.3 is 10.1 Å². The molecule has 2 atom stereocenters. The molecule has 1 N–H and O–H groups in total. The van der Waals surface area contributed by atoms with Crippen LogP contribution in [0.1, 0.15) is 67.3 Å². The molecular weight excluding hydrogens is 519 g/mol. The van der Waals surface area contributed by atoms with Gasteiger partial charge in [0.1, 0.15) is 0 Å². The van der Waals surface area contributed by atoms with E-state index in [4.69, 9.17) is 11.6 Å². The Kier molecular flexibility index (Phi) is 6.22. The van der Waals surface area contributed by atoms with Crippen molar-refractivity contribution in [1.29, 1.82) is 0 Å². The standard InChI is InChI=1S/C24H23F9N2O2/c1-3-17-11-19(34-12-13-7-15(23(28,29)30)9-16(8-13)24(31,32)33)18-10-14(22(25,26)27)5-6-20(18)35(17)21(36)37-4-2/h5-10,17,19,34H,3-4,11-12H2,1-2H3/t17-,19+/m1/s1/i1D3,3D2. The molecule has 2 aromatic rings. The Hall–Kier alpha value is -2.96. The molecular formula is C24H23F9N2O2. The molecule has 4 nitrogen and oxygen atoms in total. The van der Waals surface area contributed by atoms with Crippen LogP contribution in [-0.4, -0.2) is 18.7 Å². The fourth-order valence-electron chi connectivity index (χ4n) is 3.95. The predicted molar refractivity (Wildman–Crippen MR) is 116 cm³/mol. The predicted octanol–water partition coefficient (Wildman–Crippen LogP) is 7.72. The number of carbonyl (C=O) groups excluding carboxylic acids is 1. The molecule has 0 spiro atoms. The topological polar surface area (TPSA) is 41.6 Å². The highest BCUT2D eigenvalue weighted by Gasteiger charge is 2.40. The summed E-state index contributed by atoms with van der Waals surface area (Å²) in [5, 5.41) is 2.54. The molecule has 204 valence electrons. The Morgan fingerprint density at radius 3 is 2.11 bits per heavy atom. The van der Waals surface area contributed by atoms with E-state index in [9.17, 15) is 44.3 Å². The van der Waals surface area contributed by atoms with Crippen LogP contribution in [0.3, 0.4) is 0 Å². The smallest absolute Gasteiger partial charge is 0.416 e. The summed E-state index contributed by atoms with van der Waals surface area (Å²) in [4.78, 5) is 13.4. The van der Waals surface area contributed by atoms with Crippen molar-refractivity contribution in [1.82, 2.24) is 5.32 Å². The van der Waals surface area contributed by atoms with Crippen LogP contribution in [0.25, 0.3) is 0 Å². The number of carbonyl (C=O) groups is 1. The average molecular weight is 547 g/mol. The van der Waals surface area contributed by atoms with Gasteiger partial charge in [-0.1, -0.05) is 6.85 Å². The van der Waals surface area contributed by atoms with Gasteiger partial charge in [0.2, 0.25) is 0 Å². The van der Waals surface area contributed by atoms with E-state index in [0.29, 0.717) is 29.2 Å². The number of hydrogen-bond acceptors (Lipinski definition) is 3. The van der Waals surface area contributed by atoms with Crippen LogP contribution in [0, 0.1) is 0 Å². The molecule has 0 saturated carbocycles. The Morgan fingerprint density at radius 1 is 1.00 bits per heavy atom. The van der Waals surface area contributed by atoms with Crippen molar-refractivity contribution in [3.63, 3.8) is 0 Å². The minimum Gasteiger partial charge on any atom is -0.449 e. The van der Waals surface area contributed by atoms with Gasteiger partial charge in [-0.05, 0) is 67.2 Å². The summed E-state index contributed by atoms with van der Waals surface area (Å²) in [6.45, 7) is -3.06. The number of rotatable bonds is 5. The number of hydrogen-bond donors (Lipinski definition) is 1. The molecule has 13 heteroatoms. The van der Waals surface area contributed by atoms with Crippen molar-refractivity contribution in [2.75, 3.05) is 11.5 Å². The first kappa shape index (κ1) is 22.1. The summed E-state index contributed by atoms with van der Waals surface area (Å²) in [6.07, 6.45) is -20.5. The monoisotopic (exact) mass is 547 g/mol. The number of amides is 1. The normalized spacial score (nSPS) is 21.2. The lowest BCUT2D eigenvalue weighted by Crippen LogP contribution is -2.47. The molecule has 0 radical (unpaired) electrons. The van der Waals surface area contributed by atoms with Crippen LogP contribution >= 0.6 is 0 Å². The van der Waals surface area contributed by atoms with Gasteiger partial charge in [-0.25, -0.2) is 4.79 Å². The third-order valence-corrected chi connectivity index (χ3v) is 5.59. The van der Waals surface area contributed by atoms with Gasteiger partial charge in [-0.15, -0.1) is 0 Å². The lowest BCUT2D eigenvalue weighted by atomic mass is 9.88. The number of benzene rings is 2. The number of nitrogens with zero attached hydrogens (tertiary/aromatic N) is 1. The highest BCUT2D eigenvalue weighted by molar-refractivity contribution is 5.90. The van der Waals surface area contributed by atoms with Crippen molar-refractivity contribution in [2.24, 2.45) is 0 Å². The zero-order valence-electron chi connectivity index (χ0n) is 23.9. The number of halogens is 9. The Morgan fingerprint density at radius 2 is 1.59 bits per heavy atom. The summed E-state index contributed by atoms with van der Waals surface area (Å²) in [5.74, 6) is 0. The number of alkyl halides is 9. The van der Waals surface area contributed by atoms with E-state index in [2.05, 4.69) is 5.32 Å². The van der Waals surface area contributed by atoms with E-state index in [1.54, 1.807) is 0 Å². The molecule has 2 aromatic carbocycles. The molecule has 0 unspecified atom stereocenters. The molecule has 1 aliphatic rings. The maximum Gasteiger partial charge on any atom is 0.416 e. The summed E-state index contributed by atoms with van der Waals surface area (Å²) in [6, 6.07) is -0.738. The molecule has 3 rings (SSSR count). The third-order valence-electron chi connectivity index (χ3n) is 5.59. The number of fused-ring (bicyclic) bond motifs is 1. The van der Waals surface area contributed by atoms with Gasteiger partial charge in [-0.3, -0.25) is 4.90 Å². The van der Waals surface area contributed by atoms with Crippen LogP contribution in [-0.2, 0) is 29.8 Å². The highest BCUT2D eigenvalue weighted by atomic mass is 19.4. The molecule has 0 aliphatic carbocycles. The second-order valence-corrected chi connectivity index (χ2v) is 8.08. The summed E-state index contributed by atoms with van der Waals surface area (Å²) in [5.41, 5.74) is -5.78. The molecule has 37 heavy (non-hydrogen) atoms. The van der Waals surface area contributed by atoms with Gasteiger partial charge in [0.05, 0.1) is 29.0 Å². The molecule has 0 aromatic heterocycles. The van der Waals surface area contributed by atoms with E-state index in [1.165, 1.54) is 6.92 Å². The van der Waals surface area contributed by atoms with Crippen molar-refractivity contribution in [2.45, 2.75) is 63.7 Å². The van der Waals surface area contributed by atoms with E-state index < -0.39 is 85.2 Å². The molecule has 0 fully saturated rings. The van der Waals surface area contributed by atoms with E-state index >= 15 is 0 Å². The fraction of sp³-hybridized carbons (Fsp3) is 0.458. The summed E-state index contributed by atoms with van der Waals surface area (Å²) >= 11 is 0.